The van der Waals surface area contributed by atoms with E-state index in [4.69, 9.17) is 4.74 Å². The first-order chi connectivity index (χ1) is 9.70. The summed E-state index contributed by atoms with van der Waals surface area (Å²) in [5.41, 5.74) is 0. The first-order valence-corrected chi connectivity index (χ1v) is 8.51. The zero-order valence-corrected chi connectivity index (χ0v) is 13.6. The topological polar surface area (TPSA) is 27.7 Å². The van der Waals surface area contributed by atoms with E-state index < -0.39 is 0 Å². The Morgan fingerprint density at radius 3 is 2.85 bits per heavy atom. The average Bonchev–Trinajstić information content (AvgIpc) is 2.46. The van der Waals surface area contributed by atoms with Crippen molar-refractivity contribution in [2.45, 2.75) is 58.2 Å². The standard InChI is InChI=1S/C16H33N3O/c1-4-17-11-15-7-5-6-8-19(15)13-16-12-18(14(2)3)9-10-20-16/h14-17H,4-13H2,1-3H3. The van der Waals surface area contributed by atoms with Crippen LogP contribution in [0.4, 0.5) is 0 Å². The minimum absolute atomic E-state index is 0.397. The first kappa shape index (κ1) is 16.2. The Kier molecular flexibility index (Phi) is 6.75. The van der Waals surface area contributed by atoms with Gasteiger partial charge in [0.25, 0.3) is 0 Å². The van der Waals surface area contributed by atoms with Crippen LogP contribution < -0.4 is 5.32 Å². The van der Waals surface area contributed by atoms with E-state index >= 15 is 0 Å². The summed E-state index contributed by atoms with van der Waals surface area (Å²) in [6.45, 7) is 14.4. The van der Waals surface area contributed by atoms with Gasteiger partial charge in [0, 0.05) is 38.3 Å². The molecular weight excluding hydrogens is 250 g/mol. The van der Waals surface area contributed by atoms with E-state index in [-0.39, 0.29) is 0 Å². The molecule has 2 saturated heterocycles. The van der Waals surface area contributed by atoms with Gasteiger partial charge in [-0.15, -0.1) is 0 Å². The first-order valence-electron chi connectivity index (χ1n) is 8.51. The second-order valence-electron chi connectivity index (χ2n) is 6.53. The van der Waals surface area contributed by atoms with E-state index in [9.17, 15) is 0 Å². The van der Waals surface area contributed by atoms with Crippen molar-refractivity contribution in [3.63, 3.8) is 0 Å². The summed E-state index contributed by atoms with van der Waals surface area (Å²) in [4.78, 5) is 5.22. The number of likely N-dealkylation sites (tertiary alicyclic amines) is 1. The molecule has 4 heteroatoms. The number of morpholine rings is 1. The molecule has 0 aromatic rings. The number of rotatable bonds is 6. The Labute approximate surface area is 124 Å². The van der Waals surface area contributed by atoms with Gasteiger partial charge >= 0.3 is 0 Å². The summed E-state index contributed by atoms with van der Waals surface area (Å²) in [5.74, 6) is 0. The number of hydrogen-bond acceptors (Lipinski definition) is 4. The lowest BCUT2D eigenvalue weighted by atomic mass is 10.0. The van der Waals surface area contributed by atoms with Crippen molar-refractivity contribution in [1.29, 1.82) is 0 Å². The highest BCUT2D eigenvalue weighted by molar-refractivity contribution is 4.83. The van der Waals surface area contributed by atoms with Gasteiger partial charge < -0.3 is 10.1 Å². The van der Waals surface area contributed by atoms with Gasteiger partial charge in [0.1, 0.15) is 0 Å². The molecule has 0 aliphatic carbocycles. The van der Waals surface area contributed by atoms with Crippen molar-refractivity contribution < 1.29 is 4.74 Å². The summed E-state index contributed by atoms with van der Waals surface area (Å²) in [5, 5.41) is 3.52. The monoisotopic (exact) mass is 283 g/mol. The Morgan fingerprint density at radius 1 is 1.25 bits per heavy atom. The predicted octanol–water partition coefficient (Wildman–Crippen LogP) is 1.56. The fourth-order valence-corrected chi connectivity index (χ4v) is 3.43. The molecule has 20 heavy (non-hydrogen) atoms. The third-order valence-corrected chi connectivity index (χ3v) is 4.72. The molecule has 0 saturated carbocycles. The highest BCUT2D eigenvalue weighted by Crippen LogP contribution is 2.19. The molecule has 4 nitrogen and oxygen atoms in total. The second kappa shape index (κ2) is 8.32. The molecule has 118 valence electrons. The van der Waals surface area contributed by atoms with Crippen LogP contribution in [0.5, 0.6) is 0 Å². The van der Waals surface area contributed by atoms with Gasteiger partial charge in [0.2, 0.25) is 0 Å². The van der Waals surface area contributed by atoms with Crippen LogP contribution in [-0.2, 0) is 4.74 Å². The summed E-state index contributed by atoms with van der Waals surface area (Å²) in [6, 6.07) is 1.35. The quantitative estimate of drug-likeness (QED) is 0.801. The molecule has 1 N–H and O–H groups in total. The molecular formula is C16H33N3O. The average molecular weight is 283 g/mol. The molecule has 2 unspecified atom stereocenters. The molecule has 0 aromatic heterocycles. The maximum Gasteiger partial charge on any atom is 0.0829 e. The number of likely N-dealkylation sites (N-methyl/N-ethyl adjacent to an activating group) is 1. The molecule has 2 fully saturated rings. The number of hydrogen-bond donors (Lipinski definition) is 1. The number of nitrogens with zero attached hydrogens (tertiary/aromatic N) is 2. The van der Waals surface area contributed by atoms with E-state index in [0.717, 1.165) is 39.3 Å². The van der Waals surface area contributed by atoms with E-state index in [2.05, 4.69) is 35.9 Å². The van der Waals surface area contributed by atoms with Gasteiger partial charge in [-0.25, -0.2) is 0 Å². The molecule has 2 aliphatic heterocycles. The lowest BCUT2D eigenvalue weighted by Crippen LogP contribution is -2.53. The summed E-state index contributed by atoms with van der Waals surface area (Å²) in [6.07, 6.45) is 4.47. The number of ether oxygens (including phenoxy) is 1. The summed E-state index contributed by atoms with van der Waals surface area (Å²) >= 11 is 0. The smallest absolute Gasteiger partial charge is 0.0829 e. The maximum atomic E-state index is 6.01. The van der Waals surface area contributed by atoms with E-state index in [1.807, 2.05) is 0 Å². The van der Waals surface area contributed by atoms with Gasteiger partial charge in [-0.2, -0.15) is 0 Å². The Balaban J connectivity index is 1.83. The van der Waals surface area contributed by atoms with E-state index in [1.165, 1.54) is 25.8 Å². The molecule has 2 aliphatic rings. The molecule has 2 atom stereocenters. The van der Waals surface area contributed by atoms with E-state index in [1.54, 1.807) is 0 Å². The Hall–Kier alpha value is -0.160. The molecule has 0 aromatic carbocycles. The largest absolute Gasteiger partial charge is 0.374 e. The highest BCUT2D eigenvalue weighted by Gasteiger charge is 2.28. The van der Waals surface area contributed by atoms with Crippen LogP contribution in [0.1, 0.15) is 40.0 Å². The third-order valence-electron chi connectivity index (χ3n) is 4.72. The lowest BCUT2D eigenvalue weighted by Gasteiger charge is -2.41. The van der Waals surface area contributed by atoms with Gasteiger partial charge in [-0.3, -0.25) is 9.80 Å². The Bertz CT molecular complexity index is 272. The van der Waals surface area contributed by atoms with Gasteiger partial charge in [-0.05, 0) is 39.8 Å². The van der Waals surface area contributed by atoms with Crippen molar-refractivity contribution in [2.75, 3.05) is 45.9 Å². The second-order valence-corrected chi connectivity index (χ2v) is 6.53. The van der Waals surface area contributed by atoms with Crippen LogP contribution >= 0.6 is 0 Å². The van der Waals surface area contributed by atoms with Crippen molar-refractivity contribution in [3.05, 3.63) is 0 Å². The van der Waals surface area contributed by atoms with Crippen LogP contribution in [0.2, 0.25) is 0 Å². The molecule has 2 rings (SSSR count). The summed E-state index contributed by atoms with van der Waals surface area (Å²) in [7, 11) is 0. The van der Waals surface area contributed by atoms with Crippen molar-refractivity contribution in [3.8, 4) is 0 Å². The molecule has 0 radical (unpaired) electrons. The van der Waals surface area contributed by atoms with Gasteiger partial charge in [0.05, 0.1) is 12.7 Å². The molecule has 0 spiro atoms. The molecule has 0 bridgehead atoms. The zero-order chi connectivity index (χ0) is 14.4. The highest BCUT2D eigenvalue weighted by atomic mass is 16.5. The molecule has 0 amide bonds. The maximum absolute atomic E-state index is 6.01. The zero-order valence-electron chi connectivity index (χ0n) is 13.6. The predicted molar refractivity (Wildman–Crippen MR) is 84.2 cm³/mol. The van der Waals surface area contributed by atoms with E-state index in [0.29, 0.717) is 18.2 Å². The minimum Gasteiger partial charge on any atom is -0.374 e. The number of nitrogens with one attached hydrogen (secondary N) is 1. The number of piperidine rings is 1. The fourth-order valence-electron chi connectivity index (χ4n) is 3.43. The van der Waals surface area contributed by atoms with Crippen LogP contribution in [-0.4, -0.2) is 73.9 Å². The summed E-state index contributed by atoms with van der Waals surface area (Å²) < 4.78 is 6.01. The van der Waals surface area contributed by atoms with Crippen LogP contribution in [0.15, 0.2) is 0 Å². The normalized spacial score (nSPS) is 30.0. The third kappa shape index (κ3) is 4.69. The minimum atomic E-state index is 0.397. The van der Waals surface area contributed by atoms with Gasteiger partial charge in [0.15, 0.2) is 0 Å². The lowest BCUT2D eigenvalue weighted by molar-refractivity contribution is -0.0598. The van der Waals surface area contributed by atoms with Crippen molar-refractivity contribution in [1.82, 2.24) is 15.1 Å². The van der Waals surface area contributed by atoms with Crippen molar-refractivity contribution in [2.24, 2.45) is 0 Å². The van der Waals surface area contributed by atoms with Crippen LogP contribution in [0.3, 0.4) is 0 Å². The van der Waals surface area contributed by atoms with Crippen LogP contribution in [0.25, 0.3) is 0 Å². The molecule has 2 heterocycles. The van der Waals surface area contributed by atoms with Gasteiger partial charge in [-0.1, -0.05) is 13.3 Å². The SMILES string of the molecule is CCNCC1CCCCN1CC1CN(C(C)C)CCO1. The fraction of sp³-hybridized carbons (Fsp3) is 1.00. The van der Waals surface area contributed by atoms with Crippen LogP contribution in [0, 0.1) is 0 Å². The Morgan fingerprint density at radius 2 is 2.10 bits per heavy atom. The van der Waals surface area contributed by atoms with Crippen molar-refractivity contribution >= 4 is 0 Å².